The Labute approximate surface area is 151 Å². The van der Waals surface area contributed by atoms with E-state index in [1.54, 1.807) is 0 Å². The van der Waals surface area contributed by atoms with Crippen molar-refractivity contribution in [3.05, 3.63) is 35.4 Å². The molecule has 0 bridgehead atoms. The molecule has 134 valence electrons. The number of nitrogens with zero attached hydrogens (tertiary/aromatic N) is 1. The molecule has 5 heteroatoms. The van der Waals surface area contributed by atoms with Crippen LogP contribution in [0.3, 0.4) is 0 Å². The number of benzene rings is 1. The number of nitrogens with one attached hydrogen (secondary N) is 1. The van der Waals surface area contributed by atoms with Crippen molar-refractivity contribution >= 4 is 18.3 Å². The second-order valence-corrected chi connectivity index (χ2v) is 6.95. The molecule has 24 heavy (non-hydrogen) atoms. The summed E-state index contributed by atoms with van der Waals surface area (Å²) < 4.78 is 6.01. The number of hydrogen-bond acceptors (Lipinski definition) is 3. The van der Waals surface area contributed by atoms with Gasteiger partial charge in [0.2, 0.25) is 5.91 Å². The van der Waals surface area contributed by atoms with Crippen LogP contribution in [-0.4, -0.2) is 44.1 Å². The van der Waals surface area contributed by atoms with E-state index in [0.29, 0.717) is 5.92 Å². The quantitative estimate of drug-likeness (QED) is 0.905. The summed E-state index contributed by atoms with van der Waals surface area (Å²) in [5.41, 5.74) is 2.38. The van der Waals surface area contributed by atoms with Gasteiger partial charge in [-0.15, -0.1) is 12.4 Å². The summed E-state index contributed by atoms with van der Waals surface area (Å²) >= 11 is 0. The Kier molecular flexibility index (Phi) is 7.08. The standard InChI is InChI=1S/C19H28N2O2.ClH/c1-14-5-7-16(8-6-14)18-17(4-3-11-23-18)19(22)21-10-9-15(13-21)12-20-2;/h5-8,15,17-18,20H,3-4,9-13H2,1-2H3;1H. The Morgan fingerprint density at radius 2 is 2.04 bits per heavy atom. The lowest BCUT2D eigenvalue weighted by molar-refractivity contribution is -0.144. The van der Waals surface area contributed by atoms with Crippen LogP contribution in [0.5, 0.6) is 0 Å². The van der Waals surface area contributed by atoms with Gasteiger partial charge in [0.05, 0.1) is 12.0 Å². The summed E-state index contributed by atoms with van der Waals surface area (Å²) in [6, 6.07) is 8.43. The third kappa shape index (κ3) is 4.29. The number of hydrogen-bond donors (Lipinski definition) is 1. The fraction of sp³-hybridized carbons (Fsp3) is 0.632. The molecule has 1 aromatic carbocycles. The van der Waals surface area contributed by atoms with Crippen molar-refractivity contribution in [2.45, 2.75) is 32.3 Å². The van der Waals surface area contributed by atoms with Crippen LogP contribution in [0.4, 0.5) is 0 Å². The molecular weight excluding hydrogens is 324 g/mol. The van der Waals surface area contributed by atoms with Crippen molar-refractivity contribution in [3.8, 4) is 0 Å². The Morgan fingerprint density at radius 1 is 1.29 bits per heavy atom. The van der Waals surface area contributed by atoms with Crippen LogP contribution < -0.4 is 5.32 Å². The molecule has 0 spiro atoms. The summed E-state index contributed by atoms with van der Waals surface area (Å²) in [4.78, 5) is 15.1. The maximum atomic E-state index is 13.0. The Morgan fingerprint density at radius 3 is 2.75 bits per heavy atom. The smallest absolute Gasteiger partial charge is 0.228 e. The van der Waals surface area contributed by atoms with E-state index >= 15 is 0 Å². The summed E-state index contributed by atoms with van der Waals surface area (Å²) in [5, 5.41) is 3.23. The first-order valence-corrected chi connectivity index (χ1v) is 8.80. The van der Waals surface area contributed by atoms with Gasteiger partial charge in [0, 0.05) is 19.7 Å². The topological polar surface area (TPSA) is 41.6 Å². The van der Waals surface area contributed by atoms with Crippen LogP contribution in [0.2, 0.25) is 0 Å². The summed E-state index contributed by atoms with van der Waals surface area (Å²) in [6.07, 6.45) is 2.94. The van der Waals surface area contributed by atoms with E-state index < -0.39 is 0 Å². The van der Waals surface area contributed by atoms with Crippen molar-refractivity contribution in [3.63, 3.8) is 0 Å². The second kappa shape index (κ2) is 8.84. The predicted molar refractivity (Wildman–Crippen MR) is 98.5 cm³/mol. The molecule has 2 fully saturated rings. The molecule has 2 aliphatic heterocycles. The fourth-order valence-corrected chi connectivity index (χ4v) is 3.84. The summed E-state index contributed by atoms with van der Waals surface area (Å²) in [5.74, 6) is 0.847. The SMILES string of the molecule is CNCC1CCN(C(=O)C2CCCOC2c2ccc(C)cc2)C1.Cl. The molecule has 1 aromatic rings. The Bertz CT molecular complexity index is 535. The Hall–Kier alpha value is -1.10. The van der Waals surface area contributed by atoms with E-state index in [1.807, 2.05) is 7.05 Å². The zero-order chi connectivity index (χ0) is 16.2. The van der Waals surface area contributed by atoms with Crippen LogP contribution in [0.15, 0.2) is 24.3 Å². The molecule has 3 atom stereocenters. The minimum absolute atomic E-state index is 0. The normalized spacial score (nSPS) is 26.9. The van der Waals surface area contributed by atoms with E-state index in [1.165, 1.54) is 5.56 Å². The predicted octanol–water partition coefficient (Wildman–Crippen LogP) is 2.95. The lowest BCUT2D eigenvalue weighted by atomic mass is 9.88. The highest BCUT2D eigenvalue weighted by molar-refractivity contribution is 5.85. The molecule has 1 amide bonds. The van der Waals surface area contributed by atoms with Gasteiger partial charge in [-0.2, -0.15) is 0 Å². The highest BCUT2D eigenvalue weighted by Crippen LogP contribution is 2.36. The van der Waals surface area contributed by atoms with E-state index in [2.05, 4.69) is 41.4 Å². The van der Waals surface area contributed by atoms with Gasteiger partial charge in [-0.1, -0.05) is 29.8 Å². The Balaban J connectivity index is 0.00000208. The van der Waals surface area contributed by atoms with E-state index in [0.717, 1.165) is 51.1 Å². The third-order valence-corrected chi connectivity index (χ3v) is 5.14. The van der Waals surface area contributed by atoms with Crippen molar-refractivity contribution in [2.24, 2.45) is 11.8 Å². The number of halogens is 1. The van der Waals surface area contributed by atoms with Crippen molar-refractivity contribution < 1.29 is 9.53 Å². The first-order chi connectivity index (χ1) is 11.2. The molecule has 2 saturated heterocycles. The first kappa shape index (κ1) is 19.2. The van der Waals surface area contributed by atoms with E-state index in [4.69, 9.17) is 4.74 Å². The van der Waals surface area contributed by atoms with E-state index in [-0.39, 0.29) is 30.3 Å². The first-order valence-electron chi connectivity index (χ1n) is 8.80. The monoisotopic (exact) mass is 352 g/mol. The molecular formula is C19H29ClN2O2. The van der Waals surface area contributed by atoms with Gasteiger partial charge in [-0.3, -0.25) is 4.79 Å². The van der Waals surface area contributed by atoms with Gasteiger partial charge in [-0.25, -0.2) is 0 Å². The molecule has 3 rings (SSSR count). The fourth-order valence-electron chi connectivity index (χ4n) is 3.84. The molecule has 0 aromatic heterocycles. The van der Waals surface area contributed by atoms with Gasteiger partial charge in [-0.05, 0) is 51.3 Å². The van der Waals surface area contributed by atoms with Crippen molar-refractivity contribution in [1.29, 1.82) is 0 Å². The van der Waals surface area contributed by atoms with Crippen LogP contribution in [0.1, 0.15) is 36.5 Å². The number of aryl methyl sites for hydroxylation is 1. The number of likely N-dealkylation sites (tertiary alicyclic amines) is 1. The lowest BCUT2D eigenvalue weighted by Crippen LogP contribution is -2.40. The molecule has 2 aliphatic rings. The third-order valence-electron chi connectivity index (χ3n) is 5.14. The maximum absolute atomic E-state index is 13.0. The highest BCUT2D eigenvalue weighted by Gasteiger charge is 2.37. The second-order valence-electron chi connectivity index (χ2n) is 6.95. The van der Waals surface area contributed by atoms with Crippen LogP contribution in [0, 0.1) is 18.8 Å². The molecule has 1 N–H and O–H groups in total. The average molecular weight is 353 g/mol. The number of amides is 1. The molecule has 4 nitrogen and oxygen atoms in total. The minimum atomic E-state index is -0.0831. The molecule has 2 heterocycles. The molecule has 0 radical (unpaired) electrons. The number of carbonyl (C=O) groups is 1. The van der Waals surface area contributed by atoms with Crippen molar-refractivity contribution in [2.75, 3.05) is 33.3 Å². The molecule has 3 unspecified atom stereocenters. The number of carbonyl (C=O) groups excluding carboxylic acids is 1. The summed E-state index contributed by atoms with van der Waals surface area (Å²) in [6.45, 7) is 5.61. The van der Waals surface area contributed by atoms with Gasteiger partial charge >= 0.3 is 0 Å². The zero-order valence-electron chi connectivity index (χ0n) is 14.7. The van der Waals surface area contributed by atoms with Gasteiger partial charge < -0.3 is 15.0 Å². The van der Waals surface area contributed by atoms with Crippen LogP contribution in [-0.2, 0) is 9.53 Å². The maximum Gasteiger partial charge on any atom is 0.228 e. The van der Waals surface area contributed by atoms with Gasteiger partial charge in [0.25, 0.3) is 0 Å². The van der Waals surface area contributed by atoms with Gasteiger partial charge in [0.1, 0.15) is 0 Å². The largest absolute Gasteiger partial charge is 0.373 e. The highest BCUT2D eigenvalue weighted by atomic mass is 35.5. The molecule has 0 saturated carbocycles. The van der Waals surface area contributed by atoms with Crippen LogP contribution in [0.25, 0.3) is 0 Å². The number of rotatable bonds is 4. The van der Waals surface area contributed by atoms with Crippen LogP contribution >= 0.6 is 12.4 Å². The molecule has 0 aliphatic carbocycles. The van der Waals surface area contributed by atoms with Gasteiger partial charge in [0.15, 0.2) is 0 Å². The van der Waals surface area contributed by atoms with E-state index in [9.17, 15) is 4.79 Å². The average Bonchev–Trinajstić information content (AvgIpc) is 3.04. The lowest BCUT2D eigenvalue weighted by Gasteiger charge is -2.34. The zero-order valence-corrected chi connectivity index (χ0v) is 15.5. The minimum Gasteiger partial charge on any atom is -0.373 e. The summed E-state index contributed by atoms with van der Waals surface area (Å²) in [7, 11) is 1.98. The van der Waals surface area contributed by atoms with Crippen molar-refractivity contribution in [1.82, 2.24) is 10.2 Å². The number of ether oxygens (including phenoxy) is 1.